The van der Waals surface area contributed by atoms with Crippen molar-refractivity contribution in [3.8, 4) is 0 Å². The first kappa shape index (κ1) is 23.3. The molecule has 30 heavy (non-hydrogen) atoms. The Balaban J connectivity index is 2.03. The Morgan fingerprint density at radius 2 is 1.70 bits per heavy atom. The Morgan fingerprint density at radius 1 is 1.07 bits per heavy atom. The van der Waals surface area contributed by atoms with Crippen LogP contribution >= 0.6 is 27.3 Å². The number of hydrogen-bond donors (Lipinski definition) is 1. The monoisotopic (exact) mass is 495 g/mol. The van der Waals surface area contributed by atoms with Crippen LogP contribution in [-0.2, 0) is 23.8 Å². The van der Waals surface area contributed by atoms with Crippen LogP contribution in [0.5, 0.6) is 0 Å². The standard InChI is InChI=1S/C20H18BrNO7S/c1-11-16(19(25)27-2)18(30-17(11)20(26)28-3)22-14(23)10-29-15(24)9-6-12-4-7-13(21)8-5-12/h4-9H,10H2,1-3H3,(H,22,23)/b9-6+. The highest BCUT2D eigenvalue weighted by Gasteiger charge is 2.26. The molecular formula is C20H18BrNO7S. The summed E-state index contributed by atoms with van der Waals surface area (Å²) in [6, 6.07) is 7.24. The van der Waals surface area contributed by atoms with Crippen LogP contribution in [0.1, 0.15) is 31.2 Å². The van der Waals surface area contributed by atoms with Crippen LogP contribution in [0, 0.1) is 6.92 Å². The number of benzene rings is 1. The van der Waals surface area contributed by atoms with E-state index in [0.717, 1.165) is 21.4 Å². The lowest BCUT2D eigenvalue weighted by Gasteiger charge is -2.06. The Bertz CT molecular complexity index is 995. The molecule has 0 bridgehead atoms. The first-order valence-corrected chi connectivity index (χ1v) is 10.1. The second kappa shape index (κ2) is 10.7. The number of nitrogens with one attached hydrogen (secondary N) is 1. The average Bonchev–Trinajstić information content (AvgIpc) is 3.06. The van der Waals surface area contributed by atoms with Crippen LogP contribution in [0.3, 0.4) is 0 Å². The molecule has 1 heterocycles. The molecule has 0 unspecified atom stereocenters. The van der Waals surface area contributed by atoms with Crippen LogP contribution in [0.4, 0.5) is 5.00 Å². The van der Waals surface area contributed by atoms with Gasteiger partial charge in [-0.1, -0.05) is 28.1 Å². The predicted octanol–water partition coefficient (Wildman–Crippen LogP) is 3.59. The van der Waals surface area contributed by atoms with E-state index in [1.54, 1.807) is 18.2 Å². The van der Waals surface area contributed by atoms with Gasteiger partial charge in [-0.25, -0.2) is 14.4 Å². The fraction of sp³-hybridized carbons (Fsp3) is 0.200. The van der Waals surface area contributed by atoms with E-state index in [2.05, 4.69) is 26.0 Å². The van der Waals surface area contributed by atoms with Gasteiger partial charge in [-0.3, -0.25) is 4.79 Å². The maximum absolute atomic E-state index is 12.2. The van der Waals surface area contributed by atoms with Gasteiger partial charge in [0, 0.05) is 10.5 Å². The van der Waals surface area contributed by atoms with Crippen molar-refractivity contribution in [2.45, 2.75) is 6.92 Å². The predicted molar refractivity (Wildman–Crippen MR) is 114 cm³/mol. The van der Waals surface area contributed by atoms with E-state index in [-0.39, 0.29) is 15.4 Å². The molecule has 0 aliphatic rings. The third kappa shape index (κ3) is 6.01. The van der Waals surface area contributed by atoms with E-state index in [4.69, 9.17) is 9.47 Å². The number of thiophene rings is 1. The average molecular weight is 496 g/mol. The lowest BCUT2D eigenvalue weighted by Crippen LogP contribution is -2.21. The molecule has 0 spiro atoms. The molecule has 0 aliphatic carbocycles. The fourth-order valence-electron chi connectivity index (χ4n) is 2.32. The number of halogens is 1. The van der Waals surface area contributed by atoms with Crippen LogP contribution < -0.4 is 5.32 Å². The van der Waals surface area contributed by atoms with E-state index in [1.807, 2.05) is 12.1 Å². The summed E-state index contributed by atoms with van der Waals surface area (Å²) in [5.74, 6) is -2.75. The summed E-state index contributed by atoms with van der Waals surface area (Å²) < 4.78 is 15.2. The van der Waals surface area contributed by atoms with Crippen LogP contribution in [-0.4, -0.2) is 44.6 Å². The lowest BCUT2D eigenvalue weighted by molar-refractivity contribution is -0.142. The number of ether oxygens (including phenoxy) is 3. The summed E-state index contributed by atoms with van der Waals surface area (Å²) in [5, 5.41) is 2.57. The first-order valence-electron chi connectivity index (χ1n) is 8.47. The van der Waals surface area contributed by atoms with Crippen molar-refractivity contribution >= 4 is 62.2 Å². The lowest BCUT2D eigenvalue weighted by atomic mass is 10.1. The van der Waals surface area contributed by atoms with Crippen molar-refractivity contribution < 1.29 is 33.4 Å². The molecule has 1 amide bonds. The van der Waals surface area contributed by atoms with Gasteiger partial charge >= 0.3 is 17.9 Å². The Kier molecular flexibility index (Phi) is 8.31. The van der Waals surface area contributed by atoms with Gasteiger partial charge in [-0.05, 0) is 36.3 Å². The van der Waals surface area contributed by atoms with Crippen molar-refractivity contribution in [2.24, 2.45) is 0 Å². The van der Waals surface area contributed by atoms with Gasteiger partial charge in [0.15, 0.2) is 6.61 Å². The van der Waals surface area contributed by atoms with Gasteiger partial charge in [-0.2, -0.15) is 0 Å². The Morgan fingerprint density at radius 3 is 2.30 bits per heavy atom. The zero-order chi connectivity index (χ0) is 22.3. The molecule has 2 aromatic rings. The maximum Gasteiger partial charge on any atom is 0.348 e. The molecule has 158 valence electrons. The van der Waals surface area contributed by atoms with Gasteiger partial charge in [0.25, 0.3) is 5.91 Å². The SMILES string of the molecule is COC(=O)c1sc(NC(=O)COC(=O)/C=C/c2ccc(Br)cc2)c(C(=O)OC)c1C. The highest BCUT2D eigenvalue weighted by molar-refractivity contribution is 9.10. The van der Waals surface area contributed by atoms with Crippen molar-refractivity contribution in [3.05, 3.63) is 56.4 Å². The number of esters is 3. The van der Waals surface area contributed by atoms with Crippen LogP contribution in [0.25, 0.3) is 6.08 Å². The summed E-state index contributed by atoms with van der Waals surface area (Å²) >= 11 is 4.18. The number of methoxy groups -OCH3 is 2. The molecule has 0 saturated carbocycles. The van der Waals surface area contributed by atoms with E-state index in [0.29, 0.717) is 5.56 Å². The van der Waals surface area contributed by atoms with Crippen LogP contribution in [0.2, 0.25) is 0 Å². The molecule has 1 N–H and O–H groups in total. The highest BCUT2D eigenvalue weighted by atomic mass is 79.9. The third-order valence-electron chi connectivity index (χ3n) is 3.79. The molecule has 2 rings (SSSR count). The van der Waals surface area contributed by atoms with E-state index in [1.165, 1.54) is 27.2 Å². The minimum Gasteiger partial charge on any atom is -0.465 e. The second-order valence-corrected chi connectivity index (χ2v) is 7.72. The molecule has 0 atom stereocenters. The fourth-order valence-corrected chi connectivity index (χ4v) is 3.72. The number of anilines is 1. The first-order chi connectivity index (χ1) is 14.3. The zero-order valence-corrected chi connectivity index (χ0v) is 18.7. The molecular weight excluding hydrogens is 478 g/mol. The van der Waals surface area contributed by atoms with Crippen molar-refractivity contribution in [1.29, 1.82) is 0 Å². The smallest absolute Gasteiger partial charge is 0.348 e. The molecule has 8 nitrogen and oxygen atoms in total. The quantitative estimate of drug-likeness (QED) is 0.355. The van der Waals surface area contributed by atoms with E-state index < -0.39 is 30.4 Å². The highest BCUT2D eigenvalue weighted by Crippen LogP contribution is 2.34. The van der Waals surface area contributed by atoms with E-state index >= 15 is 0 Å². The molecule has 10 heteroatoms. The Labute approximate surface area is 184 Å². The Hall–Kier alpha value is -2.98. The minimum atomic E-state index is -0.719. The largest absolute Gasteiger partial charge is 0.465 e. The van der Waals surface area contributed by atoms with Gasteiger partial charge in [0.2, 0.25) is 0 Å². The molecule has 1 aromatic carbocycles. The topological polar surface area (TPSA) is 108 Å². The van der Waals surface area contributed by atoms with Gasteiger partial charge in [-0.15, -0.1) is 11.3 Å². The number of rotatable bonds is 7. The van der Waals surface area contributed by atoms with Crippen molar-refractivity contribution in [1.82, 2.24) is 0 Å². The summed E-state index contributed by atoms with van der Waals surface area (Å²) in [6.45, 7) is 0.965. The molecule has 0 aliphatic heterocycles. The molecule has 0 saturated heterocycles. The third-order valence-corrected chi connectivity index (χ3v) is 5.50. The molecule has 0 fully saturated rings. The summed E-state index contributed by atoms with van der Waals surface area (Å²) in [5.41, 5.74) is 1.15. The minimum absolute atomic E-state index is 0.0395. The van der Waals surface area contributed by atoms with Crippen molar-refractivity contribution in [3.63, 3.8) is 0 Å². The normalized spacial score (nSPS) is 10.5. The number of amides is 1. The number of carbonyl (C=O) groups is 4. The van der Waals surface area contributed by atoms with Gasteiger partial charge < -0.3 is 19.5 Å². The molecule has 0 radical (unpaired) electrons. The van der Waals surface area contributed by atoms with Gasteiger partial charge in [0.05, 0.1) is 19.8 Å². The maximum atomic E-state index is 12.2. The number of hydrogen-bond acceptors (Lipinski definition) is 8. The van der Waals surface area contributed by atoms with Crippen LogP contribution in [0.15, 0.2) is 34.8 Å². The van der Waals surface area contributed by atoms with E-state index in [9.17, 15) is 19.2 Å². The summed E-state index contributed by atoms with van der Waals surface area (Å²) in [7, 11) is 2.39. The number of carbonyl (C=O) groups excluding carboxylic acids is 4. The van der Waals surface area contributed by atoms with Gasteiger partial charge in [0.1, 0.15) is 9.88 Å². The molecule has 1 aromatic heterocycles. The summed E-state index contributed by atoms with van der Waals surface area (Å²) in [6.07, 6.45) is 2.74. The second-order valence-electron chi connectivity index (χ2n) is 5.78. The van der Waals surface area contributed by atoms with Crippen molar-refractivity contribution in [2.75, 3.05) is 26.1 Å². The summed E-state index contributed by atoms with van der Waals surface area (Å²) in [4.78, 5) is 48.1. The zero-order valence-electron chi connectivity index (χ0n) is 16.3.